The van der Waals surface area contributed by atoms with Crippen LogP contribution in [0.5, 0.6) is 0 Å². The summed E-state index contributed by atoms with van der Waals surface area (Å²) in [6.07, 6.45) is 4.97. The van der Waals surface area contributed by atoms with Gasteiger partial charge in [0.05, 0.1) is 7.11 Å². The zero-order valence-corrected chi connectivity index (χ0v) is 8.08. The van der Waals surface area contributed by atoms with Crippen LogP contribution in [-0.2, 0) is 9.53 Å². The lowest BCUT2D eigenvalue weighted by Crippen LogP contribution is -2.47. The summed E-state index contributed by atoms with van der Waals surface area (Å²) in [4.78, 5) is 11.3. The summed E-state index contributed by atoms with van der Waals surface area (Å²) < 4.78 is 4.74. The van der Waals surface area contributed by atoms with Crippen molar-refractivity contribution in [3.8, 4) is 0 Å². The van der Waals surface area contributed by atoms with E-state index in [9.17, 15) is 4.79 Å². The molecule has 3 atom stereocenters. The summed E-state index contributed by atoms with van der Waals surface area (Å²) in [5.41, 5.74) is 0. The standard InChI is InChI=1S/C10H17NO2/c1-13-10(12)9-5-7-3-2-4-8(7)6-11-9/h7-9,11H,2-6H2,1H3/t7?,8?,9-/m0/s1. The van der Waals surface area contributed by atoms with Gasteiger partial charge >= 0.3 is 5.97 Å². The van der Waals surface area contributed by atoms with Gasteiger partial charge in [-0.25, -0.2) is 0 Å². The van der Waals surface area contributed by atoms with Crippen molar-refractivity contribution in [1.29, 1.82) is 0 Å². The summed E-state index contributed by atoms with van der Waals surface area (Å²) in [7, 11) is 1.46. The van der Waals surface area contributed by atoms with Crippen LogP contribution in [0.25, 0.3) is 0 Å². The molecule has 74 valence electrons. The van der Waals surface area contributed by atoms with E-state index in [1.807, 2.05) is 0 Å². The van der Waals surface area contributed by atoms with E-state index in [4.69, 9.17) is 4.74 Å². The zero-order chi connectivity index (χ0) is 9.26. The SMILES string of the molecule is COC(=O)[C@@H]1CC2CCCC2CN1. The van der Waals surface area contributed by atoms with Crippen LogP contribution >= 0.6 is 0 Å². The van der Waals surface area contributed by atoms with E-state index in [0.29, 0.717) is 0 Å². The number of nitrogens with one attached hydrogen (secondary N) is 1. The number of hydrogen-bond donors (Lipinski definition) is 1. The van der Waals surface area contributed by atoms with E-state index in [-0.39, 0.29) is 12.0 Å². The third-order valence-electron chi connectivity index (χ3n) is 3.47. The van der Waals surface area contributed by atoms with Crippen molar-refractivity contribution in [1.82, 2.24) is 5.32 Å². The van der Waals surface area contributed by atoms with Crippen molar-refractivity contribution in [3.63, 3.8) is 0 Å². The number of hydrogen-bond acceptors (Lipinski definition) is 3. The van der Waals surface area contributed by atoms with Crippen molar-refractivity contribution < 1.29 is 9.53 Å². The topological polar surface area (TPSA) is 38.3 Å². The van der Waals surface area contributed by atoms with Gasteiger partial charge in [0.2, 0.25) is 0 Å². The molecule has 1 N–H and O–H groups in total. The predicted molar refractivity (Wildman–Crippen MR) is 49.3 cm³/mol. The third-order valence-corrected chi connectivity index (χ3v) is 3.47. The Hall–Kier alpha value is -0.570. The fraction of sp³-hybridized carbons (Fsp3) is 0.900. The molecule has 0 radical (unpaired) electrons. The number of piperidine rings is 1. The highest BCUT2D eigenvalue weighted by molar-refractivity contribution is 5.75. The van der Waals surface area contributed by atoms with E-state index < -0.39 is 0 Å². The Morgan fingerprint density at radius 1 is 1.38 bits per heavy atom. The molecule has 1 saturated heterocycles. The Morgan fingerprint density at radius 3 is 2.92 bits per heavy atom. The Morgan fingerprint density at radius 2 is 2.15 bits per heavy atom. The first-order chi connectivity index (χ1) is 6.31. The van der Waals surface area contributed by atoms with Crippen LogP contribution in [0.1, 0.15) is 25.7 Å². The fourth-order valence-electron chi connectivity index (χ4n) is 2.69. The predicted octanol–water partition coefficient (Wildman–Crippen LogP) is 0.938. The van der Waals surface area contributed by atoms with E-state index in [1.165, 1.54) is 26.4 Å². The smallest absolute Gasteiger partial charge is 0.322 e. The second-order valence-electron chi connectivity index (χ2n) is 4.17. The van der Waals surface area contributed by atoms with Crippen LogP contribution in [0.2, 0.25) is 0 Å². The minimum absolute atomic E-state index is 0.0376. The monoisotopic (exact) mass is 183 g/mol. The molecule has 0 bridgehead atoms. The lowest BCUT2D eigenvalue weighted by atomic mass is 9.86. The van der Waals surface area contributed by atoms with Gasteiger partial charge in [0.25, 0.3) is 0 Å². The molecule has 0 amide bonds. The third kappa shape index (κ3) is 1.70. The maximum Gasteiger partial charge on any atom is 0.322 e. The minimum Gasteiger partial charge on any atom is -0.468 e. The Balaban J connectivity index is 1.93. The summed E-state index contributed by atoms with van der Waals surface area (Å²) in [6.45, 7) is 1.00. The lowest BCUT2D eigenvalue weighted by Gasteiger charge is -2.31. The molecule has 3 heteroatoms. The molecule has 0 aromatic carbocycles. The first kappa shape index (κ1) is 9.00. The second-order valence-corrected chi connectivity index (χ2v) is 4.17. The summed E-state index contributed by atoms with van der Waals surface area (Å²) in [5.74, 6) is 1.50. The molecule has 1 saturated carbocycles. The number of ether oxygens (including phenoxy) is 1. The maximum absolute atomic E-state index is 11.3. The molecule has 2 fully saturated rings. The average Bonchev–Trinajstić information content (AvgIpc) is 2.63. The first-order valence-electron chi connectivity index (χ1n) is 5.12. The van der Waals surface area contributed by atoms with Crippen LogP contribution in [-0.4, -0.2) is 25.7 Å². The molecule has 2 aliphatic rings. The molecule has 0 aromatic heterocycles. The maximum atomic E-state index is 11.3. The average molecular weight is 183 g/mol. The van der Waals surface area contributed by atoms with Crippen molar-refractivity contribution >= 4 is 5.97 Å². The molecule has 3 nitrogen and oxygen atoms in total. The van der Waals surface area contributed by atoms with E-state index in [1.54, 1.807) is 0 Å². The summed E-state index contributed by atoms with van der Waals surface area (Å²) in [6, 6.07) is -0.0376. The van der Waals surface area contributed by atoms with E-state index in [2.05, 4.69) is 5.32 Å². The number of esters is 1. The number of rotatable bonds is 1. The number of carbonyl (C=O) groups excluding carboxylic acids is 1. The van der Waals surface area contributed by atoms with Gasteiger partial charge in [-0.05, 0) is 31.2 Å². The van der Waals surface area contributed by atoms with Crippen molar-refractivity contribution in [3.05, 3.63) is 0 Å². The van der Waals surface area contributed by atoms with E-state index >= 15 is 0 Å². The molecular weight excluding hydrogens is 166 g/mol. The van der Waals surface area contributed by atoms with Gasteiger partial charge in [0.15, 0.2) is 0 Å². The zero-order valence-electron chi connectivity index (χ0n) is 8.08. The van der Waals surface area contributed by atoms with Crippen LogP contribution in [0.4, 0.5) is 0 Å². The highest BCUT2D eigenvalue weighted by Gasteiger charge is 2.36. The summed E-state index contributed by atoms with van der Waals surface area (Å²) >= 11 is 0. The molecule has 1 aliphatic heterocycles. The van der Waals surface area contributed by atoms with Crippen LogP contribution in [0.3, 0.4) is 0 Å². The molecular formula is C10H17NO2. The van der Waals surface area contributed by atoms with Gasteiger partial charge in [-0.1, -0.05) is 12.8 Å². The highest BCUT2D eigenvalue weighted by atomic mass is 16.5. The van der Waals surface area contributed by atoms with Gasteiger partial charge in [-0.2, -0.15) is 0 Å². The largest absolute Gasteiger partial charge is 0.468 e. The number of carbonyl (C=O) groups is 1. The van der Waals surface area contributed by atoms with Crippen molar-refractivity contribution in [2.45, 2.75) is 31.7 Å². The first-order valence-corrected chi connectivity index (χ1v) is 5.12. The van der Waals surface area contributed by atoms with Crippen LogP contribution < -0.4 is 5.32 Å². The van der Waals surface area contributed by atoms with Crippen molar-refractivity contribution in [2.24, 2.45) is 11.8 Å². The molecule has 0 aromatic rings. The Labute approximate surface area is 78.8 Å². The molecule has 2 unspecified atom stereocenters. The van der Waals surface area contributed by atoms with Gasteiger partial charge in [-0.3, -0.25) is 4.79 Å². The molecule has 1 heterocycles. The van der Waals surface area contributed by atoms with Crippen LogP contribution in [0.15, 0.2) is 0 Å². The Bertz CT molecular complexity index is 205. The molecule has 2 rings (SSSR count). The van der Waals surface area contributed by atoms with Gasteiger partial charge < -0.3 is 10.1 Å². The Kier molecular flexibility index (Phi) is 2.54. The normalized spacial score (nSPS) is 38.4. The highest BCUT2D eigenvalue weighted by Crippen LogP contribution is 2.37. The molecule has 13 heavy (non-hydrogen) atoms. The summed E-state index contributed by atoms with van der Waals surface area (Å²) in [5, 5.41) is 3.27. The molecule has 0 spiro atoms. The second kappa shape index (κ2) is 3.66. The lowest BCUT2D eigenvalue weighted by molar-refractivity contribution is -0.144. The van der Waals surface area contributed by atoms with Gasteiger partial charge in [0, 0.05) is 0 Å². The van der Waals surface area contributed by atoms with Crippen LogP contribution in [0, 0.1) is 11.8 Å². The quantitative estimate of drug-likeness (QED) is 0.615. The minimum atomic E-state index is -0.0923. The van der Waals surface area contributed by atoms with Crippen molar-refractivity contribution in [2.75, 3.05) is 13.7 Å². The van der Waals surface area contributed by atoms with Gasteiger partial charge in [-0.15, -0.1) is 0 Å². The molecule has 1 aliphatic carbocycles. The van der Waals surface area contributed by atoms with Gasteiger partial charge in [0.1, 0.15) is 6.04 Å². The number of methoxy groups -OCH3 is 1. The van der Waals surface area contributed by atoms with E-state index in [0.717, 1.165) is 24.8 Å². The number of fused-ring (bicyclic) bond motifs is 1. The fourth-order valence-corrected chi connectivity index (χ4v) is 2.69.